The summed E-state index contributed by atoms with van der Waals surface area (Å²) in [4.78, 5) is 4.72. The molecular weight excluding hydrogens is 292 g/mol. The monoisotopic (exact) mass is 318 g/mol. The summed E-state index contributed by atoms with van der Waals surface area (Å²) in [7, 11) is 4.28. The molecule has 1 aromatic rings. The van der Waals surface area contributed by atoms with Crippen LogP contribution in [-0.2, 0) is 11.3 Å². The largest absolute Gasteiger partial charge is 0.454 e. The fourth-order valence-corrected chi connectivity index (χ4v) is 4.01. The van der Waals surface area contributed by atoms with Crippen LogP contribution in [0.4, 0.5) is 0 Å². The average Bonchev–Trinajstić information content (AvgIpc) is 2.95. The molecule has 0 saturated carbocycles. The van der Waals surface area contributed by atoms with Gasteiger partial charge in [-0.15, -0.1) is 0 Å². The fraction of sp³-hybridized carbons (Fsp3) is 0.667. The summed E-state index contributed by atoms with van der Waals surface area (Å²) in [5, 5.41) is 0. The van der Waals surface area contributed by atoms with Crippen molar-refractivity contribution in [2.45, 2.75) is 25.0 Å². The predicted octanol–water partition coefficient (Wildman–Crippen LogP) is 1.96. The number of nitrogens with zero attached hydrogens (tertiary/aromatic N) is 2. The van der Waals surface area contributed by atoms with Crippen LogP contribution in [0.3, 0.4) is 0 Å². The van der Waals surface area contributed by atoms with Crippen molar-refractivity contribution < 1.29 is 14.2 Å². The summed E-state index contributed by atoms with van der Waals surface area (Å²) in [6.45, 7) is 5.45. The molecule has 3 aliphatic heterocycles. The van der Waals surface area contributed by atoms with Gasteiger partial charge < -0.3 is 19.1 Å². The lowest BCUT2D eigenvalue weighted by molar-refractivity contribution is -0.182. The first-order chi connectivity index (χ1) is 11.1. The van der Waals surface area contributed by atoms with Gasteiger partial charge in [-0.05, 0) is 50.6 Å². The number of ether oxygens (including phenoxy) is 3. The van der Waals surface area contributed by atoms with Crippen LogP contribution in [0, 0.1) is 5.92 Å². The molecule has 126 valence electrons. The minimum atomic E-state index is 0.124. The van der Waals surface area contributed by atoms with Crippen LogP contribution in [0.5, 0.6) is 11.5 Å². The SMILES string of the molecule is CN(C)C[C@H]1CCC2(CN(Cc3ccc4c(c3)OCO4)C2)OC1. The molecule has 1 aromatic carbocycles. The first kappa shape index (κ1) is 15.2. The maximum Gasteiger partial charge on any atom is 0.231 e. The molecule has 3 aliphatic rings. The summed E-state index contributed by atoms with van der Waals surface area (Å²) in [6.07, 6.45) is 2.49. The first-order valence-corrected chi connectivity index (χ1v) is 8.51. The third-order valence-electron chi connectivity index (χ3n) is 5.12. The molecule has 0 N–H and O–H groups in total. The number of benzene rings is 1. The minimum Gasteiger partial charge on any atom is -0.454 e. The van der Waals surface area contributed by atoms with Gasteiger partial charge in [0.15, 0.2) is 11.5 Å². The number of hydrogen-bond donors (Lipinski definition) is 0. The fourth-order valence-electron chi connectivity index (χ4n) is 4.01. The van der Waals surface area contributed by atoms with Gasteiger partial charge >= 0.3 is 0 Å². The van der Waals surface area contributed by atoms with Crippen LogP contribution in [0.15, 0.2) is 18.2 Å². The molecule has 0 bridgehead atoms. The van der Waals surface area contributed by atoms with Crippen molar-refractivity contribution in [3.63, 3.8) is 0 Å². The van der Waals surface area contributed by atoms with Crippen molar-refractivity contribution in [2.75, 3.05) is 47.1 Å². The quantitative estimate of drug-likeness (QED) is 0.848. The summed E-state index contributed by atoms with van der Waals surface area (Å²) in [5.74, 6) is 2.42. The highest BCUT2D eigenvalue weighted by atomic mass is 16.7. The van der Waals surface area contributed by atoms with Crippen molar-refractivity contribution >= 4 is 0 Å². The van der Waals surface area contributed by atoms with Crippen LogP contribution in [0.1, 0.15) is 18.4 Å². The molecule has 23 heavy (non-hydrogen) atoms. The Balaban J connectivity index is 1.27. The zero-order valence-electron chi connectivity index (χ0n) is 14.1. The van der Waals surface area contributed by atoms with E-state index in [0.717, 1.165) is 44.3 Å². The lowest BCUT2D eigenvalue weighted by Crippen LogP contribution is -2.64. The molecule has 5 heteroatoms. The lowest BCUT2D eigenvalue weighted by Gasteiger charge is -2.53. The van der Waals surface area contributed by atoms with Gasteiger partial charge in [-0.2, -0.15) is 0 Å². The van der Waals surface area contributed by atoms with Gasteiger partial charge in [0.05, 0.1) is 12.2 Å². The lowest BCUT2D eigenvalue weighted by atomic mass is 9.82. The number of likely N-dealkylation sites (tertiary alicyclic amines) is 1. The summed E-state index contributed by atoms with van der Waals surface area (Å²) >= 11 is 0. The summed E-state index contributed by atoms with van der Waals surface area (Å²) in [6, 6.07) is 6.24. The number of rotatable bonds is 4. The molecule has 0 radical (unpaired) electrons. The smallest absolute Gasteiger partial charge is 0.231 e. The van der Waals surface area contributed by atoms with Crippen molar-refractivity contribution in [2.24, 2.45) is 5.92 Å². The molecule has 2 fully saturated rings. The predicted molar refractivity (Wildman–Crippen MR) is 87.8 cm³/mol. The van der Waals surface area contributed by atoms with Gasteiger partial charge in [-0.3, -0.25) is 4.90 Å². The number of fused-ring (bicyclic) bond motifs is 1. The van der Waals surface area contributed by atoms with Crippen LogP contribution in [-0.4, -0.2) is 62.5 Å². The van der Waals surface area contributed by atoms with Crippen molar-refractivity contribution in [1.82, 2.24) is 9.80 Å². The molecule has 5 nitrogen and oxygen atoms in total. The van der Waals surface area contributed by atoms with E-state index in [4.69, 9.17) is 14.2 Å². The van der Waals surface area contributed by atoms with Gasteiger partial charge in [0.1, 0.15) is 0 Å². The average molecular weight is 318 g/mol. The van der Waals surface area contributed by atoms with Crippen LogP contribution < -0.4 is 9.47 Å². The molecular formula is C18H26N2O3. The van der Waals surface area contributed by atoms with Crippen molar-refractivity contribution in [3.05, 3.63) is 23.8 Å². The Labute approximate surface area is 138 Å². The minimum absolute atomic E-state index is 0.124. The van der Waals surface area contributed by atoms with E-state index >= 15 is 0 Å². The molecule has 2 saturated heterocycles. The molecule has 4 rings (SSSR count). The highest BCUT2D eigenvalue weighted by Crippen LogP contribution is 2.38. The Morgan fingerprint density at radius 2 is 2.04 bits per heavy atom. The van der Waals surface area contributed by atoms with E-state index in [1.807, 2.05) is 6.07 Å². The van der Waals surface area contributed by atoms with Gasteiger partial charge in [0, 0.05) is 26.2 Å². The Morgan fingerprint density at radius 1 is 1.22 bits per heavy atom. The second kappa shape index (κ2) is 5.96. The van der Waals surface area contributed by atoms with Crippen LogP contribution >= 0.6 is 0 Å². The van der Waals surface area contributed by atoms with E-state index in [1.165, 1.54) is 18.4 Å². The Bertz CT molecular complexity index is 559. The second-order valence-corrected chi connectivity index (χ2v) is 7.49. The Kier molecular flexibility index (Phi) is 3.95. The topological polar surface area (TPSA) is 34.2 Å². The van der Waals surface area contributed by atoms with E-state index in [9.17, 15) is 0 Å². The van der Waals surface area contributed by atoms with Gasteiger partial charge in [-0.1, -0.05) is 6.07 Å². The third-order valence-corrected chi connectivity index (χ3v) is 5.12. The normalized spacial score (nSPS) is 25.8. The van der Waals surface area contributed by atoms with E-state index < -0.39 is 0 Å². The second-order valence-electron chi connectivity index (χ2n) is 7.49. The molecule has 0 aromatic heterocycles. The highest BCUT2D eigenvalue weighted by Gasteiger charge is 2.46. The molecule has 0 aliphatic carbocycles. The van der Waals surface area contributed by atoms with Crippen molar-refractivity contribution in [3.8, 4) is 11.5 Å². The summed E-state index contributed by atoms with van der Waals surface area (Å²) in [5.41, 5.74) is 1.41. The van der Waals surface area contributed by atoms with E-state index in [2.05, 4.69) is 36.0 Å². The molecule has 1 atom stereocenters. The Hall–Kier alpha value is -1.30. The van der Waals surface area contributed by atoms with E-state index in [1.54, 1.807) is 0 Å². The van der Waals surface area contributed by atoms with Crippen molar-refractivity contribution in [1.29, 1.82) is 0 Å². The van der Waals surface area contributed by atoms with Crippen LogP contribution in [0.2, 0.25) is 0 Å². The molecule has 0 amide bonds. The maximum absolute atomic E-state index is 6.24. The van der Waals surface area contributed by atoms with Crippen LogP contribution in [0.25, 0.3) is 0 Å². The first-order valence-electron chi connectivity index (χ1n) is 8.51. The highest BCUT2D eigenvalue weighted by molar-refractivity contribution is 5.44. The molecule has 3 heterocycles. The van der Waals surface area contributed by atoms with Gasteiger partial charge in [0.2, 0.25) is 6.79 Å². The standard InChI is InChI=1S/C18H26N2O3/c1-19(2)8-15-5-6-18(23-10-15)11-20(12-18)9-14-3-4-16-17(7-14)22-13-21-16/h3-4,7,15H,5-6,8-13H2,1-2H3/t15-/m1/s1. The zero-order valence-corrected chi connectivity index (χ0v) is 14.1. The van der Waals surface area contributed by atoms with E-state index in [-0.39, 0.29) is 5.60 Å². The molecule has 1 spiro atoms. The molecule has 0 unspecified atom stereocenters. The third kappa shape index (κ3) is 3.18. The Morgan fingerprint density at radius 3 is 2.78 bits per heavy atom. The zero-order chi connectivity index (χ0) is 15.9. The van der Waals surface area contributed by atoms with Gasteiger partial charge in [0.25, 0.3) is 0 Å². The summed E-state index contributed by atoms with van der Waals surface area (Å²) < 4.78 is 17.1. The maximum atomic E-state index is 6.24. The van der Waals surface area contributed by atoms with Gasteiger partial charge in [-0.25, -0.2) is 0 Å². The number of hydrogen-bond acceptors (Lipinski definition) is 5. The van der Waals surface area contributed by atoms with E-state index in [0.29, 0.717) is 12.7 Å².